The van der Waals surface area contributed by atoms with Crippen LogP contribution in [0.25, 0.3) is 0 Å². The Kier molecular flexibility index (Phi) is 4.29. The molecule has 86 valence electrons. The van der Waals surface area contributed by atoms with Gasteiger partial charge in [-0.1, -0.05) is 37.3 Å². The summed E-state index contributed by atoms with van der Waals surface area (Å²) in [5.41, 5.74) is 1.86. The summed E-state index contributed by atoms with van der Waals surface area (Å²) < 4.78 is 0. The maximum Gasteiger partial charge on any atom is 0.167 e. The molecular weight excluding hydrogens is 198 g/mol. The Morgan fingerprint density at radius 3 is 2.31 bits per heavy atom. The highest BCUT2D eigenvalue weighted by Crippen LogP contribution is 2.19. The second-order valence-electron chi connectivity index (χ2n) is 4.27. The Bertz CT molecular complexity index is 379. The third kappa shape index (κ3) is 3.23. The molecule has 0 aliphatic heterocycles. The summed E-state index contributed by atoms with van der Waals surface area (Å²) in [5.74, 6) is 0.109. The van der Waals surface area contributed by atoms with Crippen LogP contribution in [-0.2, 0) is 4.79 Å². The van der Waals surface area contributed by atoms with E-state index in [9.17, 15) is 4.79 Å². The molecule has 1 rings (SSSR count). The molecule has 0 saturated carbocycles. The first-order valence-electron chi connectivity index (χ1n) is 5.46. The molecule has 2 heteroatoms. The van der Waals surface area contributed by atoms with Crippen LogP contribution < -0.4 is 0 Å². The molecule has 1 aromatic rings. The molecule has 0 N–H and O–H groups in total. The van der Waals surface area contributed by atoms with E-state index in [1.807, 2.05) is 69.4 Å². The summed E-state index contributed by atoms with van der Waals surface area (Å²) in [6.45, 7) is 3.81. The van der Waals surface area contributed by atoms with Crippen molar-refractivity contribution in [1.29, 1.82) is 0 Å². The van der Waals surface area contributed by atoms with Crippen LogP contribution in [0, 0.1) is 0 Å². The van der Waals surface area contributed by atoms with Crippen LogP contribution in [-0.4, -0.2) is 24.8 Å². The molecule has 0 aliphatic rings. The normalized spacial score (nSPS) is 13.4. The molecule has 0 fully saturated rings. The third-order valence-electron chi connectivity index (χ3n) is 2.53. The van der Waals surface area contributed by atoms with Gasteiger partial charge in [-0.3, -0.25) is 4.79 Å². The molecule has 1 aromatic carbocycles. The van der Waals surface area contributed by atoms with Crippen LogP contribution in [0.15, 0.2) is 42.1 Å². The first-order chi connectivity index (χ1) is 7.52. The fourth-order valence-electron chi connectivity index (χ4n) is 1.69. The van der Waals surface area contributed by atoms with Gasteiger partial charge in [-0.15, -0.1) is 0 Å². The van der Waals surface area contributed by atoms with Crippen LogP contribution in [0.5, 0.6) is 0 Å². The topological polar surface area (TPSA) is 20.3 Å². The van der Waals surface area contributed by atoms with E-state index < -0.39 is 0 Å². The van der Waals surface area contributed by atoms with E-state index in [0.717, 1.165) is 11.1 Å². The molecule has 0 saturated heterocycles. The van der Waals surface area contributed by atoms with Crippen molar-refractivity contribution in [2.45, 2.75) is 19.8 Å². The van der Waals surface area contributed by atoms with Crippen molar-refractivity contribution in [1.82, 2.24) is 4.90 Å². The summed E-state index contributed by atoms with van der Waals surface area (Å²) >= 11 is 0. The molecule has 0 bridgehead atoms. The van der Waals surface area contributed by atoms with Gasteiger partial charge >= 0.3 is 0 Å². The highest BCUT2D eigenvalue weighted by atomic mass is 16.1. The first-order valence-corrected chi connectivity index (χ1v) is 5.46. The lowest BCUT2D eigenvalue weighted by Crippen LogP contribution is -2.13. The predicted molar refractivity (Wildman–Crippen MR) is 67.3 cm³/mol. The Morgan fingerprint density at radius 1 is 1.25 bits per heavy atom. The van der Waals surface area contributed by atoms with Crippen molar-refractivity contribution >= 4 is 5.78 Å². The first kappa shape index (κ1) is 12.5. The zero-order chi connectivity index (χ0) is 12.1. The molecular formula is C14H19NO. The number of hydrogen-bond acceptors (Lipinski definition) is 2. The minimum Gasteiger partial charge on any atom is -0.383 e. The minimum absolute atomic E-state index is 0.0719. The Hall–Kier alpha value is -1.57. The summed E-state index contributed by atoms with van der Waals surface area (Å²) in [6, 6.07) is 9.87. The number of benzene rings is 1. The van der Waals surface area contributed by atoms with E-state index in [0.29, 0.717) is 0 Å². The van der Waals surface area contributed by atoms with Gasteiger partial charge in [-0.2, -0.15) is 0 Å². The van der Waals surface area contributed by atoms with E-state index in [4.69, 9.17) is 0 Å². The van der Waals surface area contributed by atoms with Crippen LogP contribution in [0.1, 0.15) is 25.3 Å². The zero-order valence-corrected chi connectivity index (χ0v) is 10.4. The fourth-order valence-corrected chi connectivity index (χ4v) is 1.69. The van der Waals surface area contributed by atoms with Gasteiger partial charge in [0.1, 0.15) is 0 Å². The van der Waals surface area contributed by atoms with Gasteiger partial charge in [-0.05, 0) is 12.5 Å². The highest BCUT2D eigenvalue weighted by molar-refractivity contribution is 5.99. The molecule has 0 aromatic heterocycles. The number of hydrogen-bond donors (Lipinski definition) is 0. The number of carbonyl (C=O) groups is 1. The Balaban J connectivity index is 2.83. The van der Waals surface area contributed by atoms with Crippen molar-refractivity contribution in [3.63, 3.8) is 0 Å². The molecule has 0 amide bonds. The Morgan fingerprint density at radius 2 is 1.81 bits per heavy atom. The SMILES string of the molecule is C/C(=C\N(C)C)C(=O)C(C)c1ccccc1. The van der Waals surface area contributed by atoms with Gasteiger partial charge in [0, 0.05) is 31.8 Å². The molecule has 0 heterocycles. The van der Waals surface area contributed by atoms with Crippen molar-refractivity contribution in [2.75, 3.05) is 14.1 Å². The number of carbonyl (C=O) groups excluding carboxylic acids is 1. The van der Waals surface area contributed by atoms with Crippen LogP contribution in [0.4, 0.5) is 0 Å². The van der Waals surface area contributed by atoms with Crippen molar-refractivity contribution in [3.8, 4) is 0 Å². The molecule has 0 aliphatic carbocycles. The van der Waals surface area contributed by atoms with Gasteiger partial charge in [0.05, 0.1) is 0 Å². The molecule has 0 spiro atoms. The van der Waals surface area contributed by atoms with Crippen LogP contribution in [0.2, 0.25) is 0 Å². The predicted octanol–water partition coefficient (Wildman–Crippen LogP) is 2.82. The maximum absolute atomic E-state index is 12.1. The summed E-state index contributed by atoms with van der Waals surface area (Å²) in [5, 5.41) is 0. The van der Waals surface area contributed by atoms with Crippen LogP contribution >= 0.6 is 0 Å². The number of allylic oxidation sites excluding steroid dienone is 1. The number of ketones is 1. The second kappa shape index (κ2) is 5.50. The second-order valence-corrected chi connectivity index (χ2v) is 4.27. The average Bonchev–Trinajstić information content (AvgIpc) is 2.27. The lowest BCUT2D eigenvalue weighted by atomic mass is 9.93. The van der Waals surface area contributed by atoms with Crippen molar-refractivity contribution in [3.05, 3.63) is 47.7 Å². The summed E-state index contributed by atoms with van der Waals surface area (Å²) in [4.78, 5) is 14.0. The van der Waals surface area contributed by atoms with E-state index in [-0.39, 0.29) is 11.7 Å². The van der Waals surface area contributed by atoms with E-state index >= 15 is 0 Å². The van der Waals surface area contributed by atoms with Gasteiger partial charge < -0.3 is 4.90 Å². The lowest BCUT2D eigenvalue weighted by molar-refractivity contribution is -0.116. The van der Waals surface area contributed by atoms with Gasteiger partial charge in [0.25, 0.3) is 0 Å². The van der Waals surface area contributed by atoms with E-state index in [1.54, 1.807) is 0 Å². The number of nitrogens with zero attached hydrogens (tertiary/aromatic N) is 1. The lowest BCUT2D eigenvalue weighted by Gasteiger charge is -2.13. The van der Waals surface area contributed by atoms with Gasteiger partial charge in [0.2, 0.25) is 0 Å². The smallest absolute Gasteiger partial charge is 0.167 e. The fraction of sp³-hybridized carbons (Fsp3) is 0.357. The summed E-state index contributed by atoms with van der Waals surface area (Å²) in [6.07, 6.45) is 1.86. The number of rotatable bonds is 4. The van der Waals surface area contributed by atoms with E-state index in [1.165, 1.54) is 0 Å². The van der Waals surface area contributed by atoms with Crippen molar-refractivity contribution in [2.24, 2.45) is 0 Å². The van der Waals surface area contributed by atoms with E-state index in [2.05, 4.69) is 0 Å². The molecule has 2 nitrogen and oxygen atoms in total. The standard InChI is InChI=1S/C14H19NO/c1-11(10-15(3)4)14(16)12(2)13-8-6-5-7-9-13/h5-10,12H,1-4H3/b11-10+. The molecule has 0 radical (unpaired) electrons. The molecule has 1 atom stereocenters. The average molecular weight is 217 g/mol. The third-order valence-corrected chi connectivity index (χ3v) is 2.53. The monoisotopic (exact) mass is 217 g/mol. The highest BCUT2D eigenvalue weighted by Gasteiger charge is 2.16. The molecule has 16 heavy (non-hydrogen) atoms. The van der Waals surface area contributed by atoms with Crippen molar-refractivity contribution < 1.29 is 4.79 Å². The maximum atomic E-state index is 12.1. The number of Topliss-reactive ketones (excluding diaryl/α,β-unsaturated/α-hetero) is 1. The summed E-state index contributed by atoms with van der Waals surface area (Å²) in [7, 11) is 3.84. The Labute approximate surface area is 97.6 Å². The minimum atomic E-state index is -0.0719. The molecule has 1 unspecified atom stereocenters. The quantitative estimate of drug-likeness (QED) is 0.723. The van der Waals surface area contributed by atoms with Gasteiger partial charge in [0.15, 0.2) is 5.78 Å². The largest absolute Gasteiger partial charge is 0.383 e. The van der Waals surface area contributed by atoms with Crippen LogP contribution in [0.3, 0.4) is 0 Å². The zero-order valence-electron chi connectivity index (χ0n) is 10.4. The van der Waals surface area contributed by atoms with Gasteiger partial charge in [-0.25, -0.2) is 0 Å².